The Balaban J connectivity index is 1.56. The minimum Gasteiger partial charge on any atom is -0.493 e. The van der Waals surface area contributed by atoms with E-state index in [1.54, 1.807) is 30.3 Å². The number of pyridine rings is 1. The molecule has 28 heavy (non-hydrogen) atoms. The van der Waals surface area contributed by atoms with Gasteiger partial charge in [0.2, 0.25) is 0 Å². The number of hydrogen-bond donors (Lipinski definition) is 2. The first-order chi connectivity index (χ1) is 13.5. The van der Waals surface area contributed by atoms with Gasteiger partial charge in [0.05, 0.1) is 19.8 Å². The van der Waals surface area contributed by atoms with Crippen LogP contribution < -0.4 is 20.1 Å². The molecule has 2 N–H and O–H groups in total. The second-order valence-corrected chi connectivity index (χ2v) is 6.46. The van der Waals surface area contributed by atoms with Gasteiger partial charge in [-0.15, -0.1) is 0 Å². The molecule has 1 aliphatic carbocycles. The van der Waals surface area contributed by atoms with Crippen molar-refractivity contribution in [3.05, 3.63) is 42.1 Å². The smallest absolute Gasteiger partial charge is 0.340 e. The number of esters is 1. The lowest BCUT2D eigenvalue weighted by Crippen LogP contribution is -2.30. The van der Waals surface area contributed by atoms with Crippen LogP contribution in [0, 0.1) is 0 Å². The van der Waals surface area contributed by atoms with Crippen LogP contribution in [0.5, 0.6) is 11.5 Å². The molecule has 1 heterocycles. The molecule has 0 aliphatic heterocycles. The van der Waals surface area contributed by atoms with Gasteiger partial charge in [0, 0.05) is 24.0 Å². The van der Waals surface area contributed by atoms with Crippen molar-refractivity contribution < 1.29 is 23.8 Å². The third kappa shape index (κ3) is 4.91. The predicted molar refractivity (Wildman–Crippen MR) is 104 cm³/mol. The zero-order valence-electron chi connectivity index (χ0n) is 16.0. The number of nitrogens with zero attached hydrogens (tertiary/aromatic N) is 1. The second-order valence-electron chi connectivity index (χ2n) is 6.46. The summed E-state index contributed by atoms with van der Waals surface area (Å²) in [5, 5.41) is 5.92. The van der Waals surface area contributed by atoms with Gasteiger partial charge in [-0.25, -0.2) is 9.78 Å². The summed E-state index contributed by atoms with van der Waals surface area (Å²) >= 11 is 0. The number of nitrogens with one attached hydrogen (secondary N) is 2. The first-order valence-electron chi connectivity index (χ1n) is 8.96. The van der Waals surface area contributed by atoms with Crippen LogP contribution in [0.3, 0.4) is 0 Å². The first kappa shape index (κ1) is 19.5. The van der Waals surface area contributed by atoms with Crippen LogP contribution in [0.1, 0.15) is 30.1 Å². The van der Waals surface area contributed by atoms with Crippen molar-refractivity contribution in [2.75, 3.05) is 24.9 Å². The van der Waals surface area contributed by atoms with Gasteiger partial charge in [-0.1, -0.05) is 0 Å². The van der Waals surface area contributed by atoms with Crippen molar-refractivity contribution >= 4 is 23.4 Å². The Bertz CT molecular complexity index is 849. The molecule has 1 fully saturated rings. The molecular formula is C20H23N3O5. The lowest BCUT2D eigenvalue weighted by Gasteiger charge is -2.15. The minimum absolute atomic E-state index is 0.284. The molecule has 1 aromatic carbocycles. The van der Waals surface area contributed by atoms with Gasteiger partial charge < -0.3 is 24.8 Å². The molecule has 0 radical (unpaired) electrons. The van der Waals surface area contributed by atoms with Crippen LogP contribution in [0.4, 0.5) is 11.5 Å². The van der Waals surface area contributed by atoms with E-state index in [2.05, 4.69) is 15.6 Å². The highest BCUT2D eigenvalue weighted by Gasteiger charge is 2.22. The fourth-order valence-electron chi connectivity index (χ4n) is 2.48. The van der Waals surface area contributed by atoms with Crippen LogP contribution >= 0.6 is 0 Å². The molecule has 1 saturated carbocycles. The molecule has 1 atom stereocenters. The molecule has 3 rings (SSSR count). The minimum atomic E-state index is -0.982. The highest BCUT2D eigenvalue weighted by Crippen LogP contribution is 2.29. The van der Waals surface area contributed by atoms with E-state index in [4.69, 9.17) is 14.2 Å². The zero-order valence-corrected chi connectivity index (χ0v) is 16.0. The molecule has 148 valence electrons. The Morgan fingerprint density at radius 3 is 2.46 bits per heavy atom. The fraction of sp³-hybridized carbons (Fsp3) is 0.350. The number of methoxy groups -OCH3 is 2. The molecule has 0 spiro atoms. The van der Waals surface area contributed by atoms with Gasteiger partial charge in [0.25, 0.3) is 5.91 Å². The summed E-state index contributed by atoms with van der Waals surface area (Å²) in [4.78, 5) is 28.8. The van der Waals surface area contributed by atoms with Crippen molar-refractivity contribution in [2.24, 2.45) is 0 Å². The normalized spacial score (nSPS) is 14.0. The topological polar surface area (TPSA) is 98.8 Å². The van der Waals surface area contributed by atoms with E-state index in [0.717, 1.165) is 18.7 Å². The van der Waals surface area contributed by atoms with E-state index >= 15 is 0 Å². The maximum Gasteiger partial charge on any atom is 0.340 e. The summed E-state index contributed by atoms with van der Waals surface area (Å²) in [7, 11) is 3.04. The number of amides is 1. The van der Waals surface area contributed by atoms with Crippen molar-refractivity contribution in [2.45, 2.75) is 31.9 Å². The summed E-state index contributed by atoms with van der Waals surface area (Å²) in [6.45, 7) is 1.50. The van der Waals surface area contributed by atoms with E-state index < -0.39 is 18.0 Å². The number of benzene rings is 1. The molecule has 0 bridgehead atoms. The number of ether oxygens (including phenoxy) is 3. The Kier molecular flexibility index (Phi) is 5.98. The number of anilines is 2. The molecule has 1 aliphatic rings. The van der Waals surface area contributed by atoms with Gasteiger partial charge in [-0.2, -0.15) is 0 Å². The third-order valence-corrected chi connectivity index (χ3v) is 4.23. The zero-order chi connectivity index (χ0) is 20.1. The molecule has 8 heteroatoms. The number of carbonyl (C=O) groups is 2. The van der Waals surface area contributed by atoms with Crippen LogP contribution in [0.2, 0.25) is 0 Å². The van der Waals surface area contributed by atoms with E-state index in [1.807, 2.05) is 0 Å². The predicted octanol–water partition coefficient (Wildman–Crippen LogP) is 2.86. The second kappa shape index (κ2) is 8.60. The molecule has 1 unspecified atom stereocenters. The maximum atomic E-state index is 12.3. The van der Waals surface area contributed by atoms with Crippen LogP contribution in [-0.2, 0) is 9.53 Å². The number of hydrogen-bond acceptors (Lipinski definition) is 7. The number of aromatic nitrogens is 1. The largest absolute Gasteiger partial charge is 0.493 e. The Morgan fingerprint density at radius 1 is 1.11 bits per heavy atom. The Labute approximate surface area is 163 Å². The summed E-state index contributed by atoms with van der Waals surface area (Å²) in [5.41, 5.74) is 0.787. The van der Waals surface area contributed by atoms with Gasteiger partial charge in [-0.3, -0.25) is 4.79 Å². The lowest BCUT2D eigenvalue weighted by molar-refractivity contribution is -0.123. The average Bonchev–Trinajstić information content (AvgIpc) is 3.52. The van der Waals surface area contributed by atoms with Crippen LogP contribution in [0.15, 0.2) is 36.5 Å². The molecule has 2 aromatic rings. The van der Waals surface area contributed by atoms with Crippen molar-refractivity contribution in [1.29, 1.82) is 0 Å². The summed E-state index contributed by atoms with van der Waals surface area (Å²) in [6, 6.07) is 8.80. The van der Waals surface area contributed by atoms with E-state index in [0.29, 0.717) is 23.2 Å². The van der Waals surface area contributed by atoms with Gasteiger partial charge in [0.1, 0.15) is 5.82 Å². The van der Waals surface area contributed by atoms with Crippen molar-refractivity contribution in [3.8, 4) is 11.5 Å². The van der Waals surface area contributed by atoms with Crippen LogP contribution in [0.25, 0.3) is 0 Å². The summed E-state index contributed by atoms with van der Waals surface area (Å²) < 4.78 is 15.6. The number of rotatable bonds is 8. The van der Waals surface area contributed by atoms with Crippen molar-refractivity contribution in [1.82, 2.24) is 4.98 Å². The lowest BCUT2D eigenvalue weighted by atomic mass is 10.2. The Morgan fingerprint density at radius 2 is 1.86 bits per heavy atom. The molecule has 0 saturated heterocycles. The van der Waals surface area contributed by atoms with Gasteiger partial charge in [-0.05, 0) is 44.0 Å². The standard InChI is InChI=1S/C20H23N3O5/c1-12(19(24)23-15-7-8-16(26-2)17(10-15)27-3)28-20(25)13-4-9-18(21-11-13)22-14-5-6-14/h4,7-12,14H,5-6H2,1-3H3,(H,21,22)(H,23,24). The highest BCUT2D eigenvalue weighted by molar-refractivity contribution is 5.97. The monoisotopic (exact) mass is 385 g/mol. The van der Waals surface area contributed by atoms with Crippen molar-refractivity contribution in [3.63, 3.8) is 0 Å². The quantitative estimate of drug-likeness (QED) is 0.674. The molecule has 1 aromatic heterocycles. The van der Waals surface area contributed by atoms with Gasteiger partial charge >= 0.3 is 5.97 Å². The molecule has 8 nitrogen and oxygen atoms in total. The molecule has 1 amide bonds. The van der Waals surface area contributed by atoms with E-state index in [9.17, 15) is 9.59 Å². The summed E-state index contributed by atoms with van der Waals surface area (Å²) in [6.07, 6.45) is 2.73. The summed E-state index contributed by atoms with van der Waals surface area (Å²) in [5.74, 6) is 0.683. The van der Waals surface area contributed by atoms with E-state index in [1.165, 1.54) is 27.3 Å². The van der Waals surface area contributed by atoms with Crippen LogP contribution in [-0.4, -0.2) is 43.2 Å². The average molecular weight is 385 g/mol. The highest BCUT2D eigenvalue weighted by atomic mass is 16.5. The maximum absolute atomic E-state index is 12.3. The fourth-order valence-corrected chi connectivity index (χ4v) is 2.48. The SMILES string of the molecule is COc1ccc(NC(=O)C(C)OC(=O)c2ccc(NC3CC3)nc2)cc1OC. The Hall–Kier alpha value is -3.29. The number of carbonyl (C=O) groups excluding carboxylic acids is 2. The molecular weight excluding hydrogens is 362 g/mol. The van der Waals surface area contributed by atoms with E-state index in [-0.39, 0.29) is 5.56 Å². The first-order valence-corrected chi connectivity index (χ1v) is 8.96. The van der Waals surface area contributed by atoms with Gasteiger partial charge in [0.15, 0.2) is 17.6 Å². The third-order valence-electron chi connectivity index (χ3n) is 4.23.